The Kier molecular flexibility index (Phi) is 4.35. The number of hydrogen-bond acceptors (Lipinski definition) is 3. The Morgan fingerprint density at radius 3 is 2.12 bits per heavy atom. The lowest BCUT2D eigenvalue weighted by atomic mass is 9.49. The van der Waals surface area contributed by atoms with Crippen molar-refractivity contribution in [2.45, 2.75) is 45.1 Å². The van der Waals surface area contributed by atoms with Gasteiger partial charge in [-0.3, -0.25) is 4.79 Å². The van der Waals surface area contributed by atoms with Crippen LogP contribution in [0.5, 0.6) is 11.5 Å². The van der Waals surface area contributed by atoms with Gasteiger partial charge in [0.2, 0.25) is 5.91 Å². The van der Waals surface area contributed by atoms with Gasteiger partial charge < -0.3 is 14.8 Å². The molecule has 0 heterocycles. The van der Waals surface area contributed by atoms with Crippen LogP contribution in [-0.2, 0) is 11.3 Å². The largest absolute Gasteiger partial charge is 0.493 e. The average molecular weight is 364 g/mol. The van der Waals surface area contributed by atoms with E-state index in [1.54, 1.807) is 20.3 Å². The topological polar surface area (TPSA) is 47.6 Å². The van der Waals surface area contributed by atoms with E-state index in [0.29, 0.717) is 23.1 Å². The van der Waals surface area contributed by atoms with Crippen LogP contribution in [-0.4, -0.2) is 20.1 Å². The maximum absolute atomic E-state index is 13.0. The van der Waals surface area contributed by atoms with Gasteiger partial charge in [-0.1, -0.05) is 11.6 Å². The number of hydrogen-bond donors (Lipinski definition) is 1. The van der Waals surface area contributed by atoms with E-state index in [2.05, 4.69) is 5.32 Å². The first-order valence-electron chi connectivity index (χ1n) is 9.21. The van der Waals surface area contributed by atoms with Crippen molar-refractivity contribution >= 4 is 17.5 Å². The lowest BCUT2D eigenvalue weighted by molar-refractivity contribution is -0.146. The van der Waals surface area contributed by atoms with Crippen molar-refractivity contribution in [1.29, 1.82) is 0 Å². The Hall–Kier alpha value is -1.42. The van der Waals surface area contributed by atoms with Crippen LogP contribution in [0.3, 0.4) is 0 Å². The Labute approximate surface area is 154 Å². The van der Waals surface area contributed by atoms with Gasteiger partial charge in [-0.25, -0.2) is 0 Å². The summed E-state index contributed by atoms with van der Waals surface area (Å²) in [6.45, 7) is 0.430. The van der Waals surface area contributed by atoms with Crippen LogP contribution in [0.15, 0.2) is 12.1 Å². The average Bonchev–Trinajstić information content (AvgIpc) is 2.58. The summed E-state index contributed by atoms with van der Waals surface area (Å²) in [5.74, 6) is 3.75. The van der Waals surface area contributed by atoms with Gasteiger partial charge in [0.1, 0.15) is 0 Å². The quantitative estimate of drug-likeness (QED) is 0.853. The fourth-order valence-electron chi connectivity index (χ4n) is 5.78. The summed E-state index contributed by atoms with van der Waals surface area (Å²) in [6.07, 6.45) is 7.25. The summed E-state index contributed by atoms with van der Waals surface area (Å²) in [5, 5.41) is 3.75. The molecule has 1 aromatic rings. The predicted molar refractivity (Wildman–Crippen MR) is 97.0 cm³/mol. The van der Waals surface area contributed by atoms with Crippen molar-refractivity contribution in [3.05, 3.63) is 22.7 Å². The monoisotopic (exact) mass is 363 g/mol. The molecule has 0 radical (unpaired) electrons. The molecule has 1 N–H and O–H groups in total. The predicted octanol–water partition coefficient (Wildman–Crippen LogP) is 4.19. The molecule has 25 heavy (non-hydrogen) atoms. The number of halogens is 1. The number of nitrogens with one attached hydrogen (secondary N) is 1. The van der Waals surface area contributed by atoms with Crippen LogP contribution in [0.25, 0.3) is 0 Å². The number of rotatable bonds is 5. The van der Waals surface area contributed by atoms with Gasteiger partial charge in [0.05, 0.1) is 14.2 Å². The maximum atomic E-state index is 13.0. The molecular formula is C20H26ClNO3. The number of amides is 1. The molecule has 4 saturated carbocycles. The zero-order chi connectivity index (χ0) is 17.6. The number of benzene rings is 1. The van der Waals surface area contributed by atoms with Crippen LogP contribution >= 0.6 is 11.6 Å². The first kappa shape index (κ1) is 17.0. The van der Waals surface area contributed by atoms with Crippen LogP contribution in [0, 0.1) is 23.2 Å². The van der Waals surface area contributed by atoms with Gasteiger partial charge >= 0.3 is 0 Å². The smallest absolute Gasteiger partial charge is 0.226 e. The van der Waals surface area contributed by atoms with Gasteiger partial charge in [0.15, 0.2) is 11.5 Å². The molecule has 4 bridgehead atoms. The molecule has 5 heteroatoms. The molecule has 136 valence electrons. The molecule has 0 atom stereocenters. The van der Waals surface area contributed by atoms with E-state index in [9.17, 15) is 4.79 Å². The van der Waals surface area contributed by atoms with Gasteiger partial charge in [0, 0.05) is 23.0 Å². The Morgan fingerprint density at radius 2 is 1.60 bits per heavy atom. The van der Waals surface area contributed by atoms with E-state index in [0.717, 1.165) is 42.6 Å². The molecule has 4 aliphatic rings. The van der Waals surface area contributed by atoms with Gasteiger partial charge in [0.25, 0.3) is 0 Å². The first-order valence-corrected chi connectivity index (χ1v) is 9.59. The minimum Gasteiger partial charge on any atom is -0.493 e. The summed E-state index contributed by atoms with van der Waals surface area (Å²) in [4.78, 5) is 13.0. The molecule has 0 unspecified atom stereocenters. The number of carbonyl (C=O) groups excluding carboxylic acids is 1. The van der Waals surface area contributed by atoms with E-state index < -0.39 is 0 Å². The molecule has 4 aliphatic carbocycles. The lowest BCUT2D eigenvalue weighted by Gasteiger charge is -2.55. The second-order valence-electron chi connectivity index (χ2n) is 8.18. The van der Waals surface area contributed by atoms with E-state index in [4.69, 9.17) is 21.1 Å². The van der Waals surface area contributed by atoms with Crippen molar-refractivity contribution in [3.8, 4) is 11.5 Å². The van der Waals surface area contributed by atoms with Crippen molar-refractivity contribution in [2.75, 3.05) is 14.2 Å². The molecule has 4 fully saturated rings. The Morgan fingerprint density at radius 1 is 1.08 bits per heavy atom. The van der Waals surface area contributed by atoms with E-state index in [1.807, 2.05) is 6.07 Å². The number of methoxy groups -OCH3 is 2. The molecule has 4 nitrogen and oxygen atoms in total. The first-order chi connectivity index (χ1) is 12.0. The Balaban J connectivity index is 1.47. The van der Waals surface area contributed by atoms with Crippen molar-refractivity contribution < 1.29 is 14.3 Å². The summed E-state index contributed by atoms with van der Waals surface area (Å²) in [5.41, 5.74) is 0.731. The maximum Gasteiger partial charge on any atom is 0.226 e. The zero-order valence-corrected chi connectivity index (χ0v) is 15.7. The van der Waals surface area contributed by atoms with E-state index >= 15 is 0 Å². The minimum absolute atomic E-state index is 0.127. The molecular weight excluding hydrogens is 338 g/mol. The SMILES string of the molecule is COc1cc(Cl)c(CNC(=O)C23CC4CC(CC(C4)C2)C3)cc1OC. The zero-order valence-electron chi connectivity index (χ0n) is 14.9. The fraction of sp³-hybridized carbons (Fsp3) is 0.650. The second kappa shape index (κ2) is 6.39. The molecule has 1 amide bonds. The molecule has 1 aromatic carbocycles. The second-order valence-corrected chi connectivity index (χ2v) is 8.59. The third kappa shape index (κ3) is 2.99. The standard InChI is InChI=1S/C20H26ClNO3/c1-24-17-6-15(16(21)7-18(17)25-2)11-22-19(23)20-8-12-3-13(9-20)5-14(4-12)10-20/h6-7,12-14H,3-5,8-11H2,1-2H3,(H,22,23). The molecule has 0 aliphatic heterocycles. The van der Waals surface area contributed by atoms with Crippen LogP contribution in [0.1, 0.15) is 44.1 Å². The molecule has 0 aromatic heterocycles. The highest BCUT2D eigenvalue weighted by Gasteiger charge is 2.54. The number of ether oxygens (including phenoxy) is 2. The highest BCUT2D eigenvalue weighted by atomic mass is 35.5. The third-order valence-corrected chi connectivity index (χ3v) is 6.86. The van der Waals surface area contributed by atoms with Gasteiger partial charge in [-0.2, -0.15) is 0 Å². The molecule has 0 saturated heterocycles. The summed E-state index contributed by atoms with van der Waals surface area (Å²) in [6, 6.07) is 3.59. The molecule has 0 spiro atoms. The van der Waals surface area contributed by atoms with E-state index in [1.165, 1.54) is 19.3 Å². The van der Waals surface area contributed by atoms with Crippen LogP contribution in [0.2, 0.25) is 5.02 Å². The van der Waals surface area contributed by atoms with Gasteiger partial charge in [-0.05, 0) is 67.9 Å². The normalized spacial score (nSPS) is 32.5. The third-order valence-electron chi connectivity index (χ3n) is 6.51. The summed E-state index contributed by atoms with van der Waals surface area (Å²) < 4.78 is 10.6. The summed E-state index contributed by atoms with van der Waals surface area (Å²) in [7, 11) is 3.19. The minimum atomic E-state index is -0.127. The van der Waals surface area contributed by atoms with Crippen LogP contribution in [0.4, 0.5) is 0 Å². The van der Waals surface area contributed by atoms with Crippen molar-refractivity contribution in [2.24, 2.45) is 23.2 Å². The van der Waals surface area contributed by atoms with Crippen molar-refractivity contribution in [1.82, 2.24) is 5.32 Å². The summed E-state index contributed by atoms with van der Waals surface area (Å²) >= 11 is 6.35. The number of carbonyl (C=O) groups is 1. The van der Waals surface area contributed by atoms with Crippen molar-refractivity contribution in [3.63, 3.8) is 0 Å². The Bertz CT molecular complexity index is 652. The van der Waals surface area contributed by atoms with Gasteiger partial charge in [-0.15, -0.1) is 0 Å². The van der Waals surface area contributed by atoms with Crippen LogP contribution < -0.4 is 14.8 Å². The highest BCUT2D eigenvalue weighted by Crippen LogP contribution is 2.60. The highest BCUT2D eigenvalue weighted by molar-refractivity contribution is 6.31. The van der Waals surface area contributed by atoms with E-state index in [-0.39, 0.29) is 11.3 Å². The fourth-order valence-corrected chi connectivity index (χ4v) is 6.00. The lowest BCUT2D eigenvalue weighted by Crippen LogP contribution is -2.53. The molecule has 5 rings (SSSR count).